The Bertz CT molecular complexity index is 373. The third-order valence-corrected chi connectivity index (χ3v) is 2.66. The number of hydrogen-bond donors (Lipinski definition) is 1. The van der Waals surface area contributed by atoms with E-state index in [1.54, 1.807) is 0 Å². The Morgan fingerprint density at radius 3 is 2.47 bits per heavy atom. The summed E-state index contributed by atoms with van der Waals surface area (Å²) in [6.45, 7) is 0.424. The Morgan fingerprint density at radius 1 is 1.29 bits per heavy atom. The summed E-state index contributed by atoms with van der Waals surface area (Å²) in [6.07, 6.45) is -1.04. The van der Waals surface area contributed by atoms with E-state index in [4.69, 9.17) is 10.5 Å². The summed E-state index contributed by atoms with van der Waals surface area (Å²) in [5.74, 6) is 0.479. The van der Waals surface area contributed by atoms with E-state index in [0.29, 0.717) is 18.7 Å². The lowest BCUT2D eigenvalue weighted by Crippen LogP contribution is -2.39. The smallest absolute Gasteiger partial charge is 0.434 e. The number of nitrogens with two attached hydrogens (primary N) is 1. The van der Waals surface area contributed by atoms with Gasteiger partial charge in [-0.05, 0) is 18.8 Å². The molecule has 7 heteroatoms. The second kappa shape index (κ2) is 4.48. The Hall–Kier alpha value is -1.37. The summed E-state index contributed by atoms with van der Waals surface area (Å²) >= 11 is 0. The van der Waals surface area contributed by atoms with Crippen LogP contribution in [0.15, 0.2) is 12.4 Å². The van der Waals surface area contributed by atoms with Crippen molar-refractivity contribution >= 4 is 0 Å². The second-order valence-corrected chi connectivity index (χ2v) is 4.15. The van der Waals surface area contributed by atoms with Crippen LogP contribution in [0.4, 0.5) is 13.2 Å². The molecule has 0 atom stereocenters. The van der Waals surface area contributed by atoms with Crippen LogP contribution in [-0.4, -0.2) is 22.6 Å². The Balaban J connectivity index is 1.86. The van der Waals surface area contributed by atoms with Crippen LogP contribution in [0.2, 0.25) is 0 Å². The van der Waals surface area contributed by atoms with Crippen LogP contribution in [0, 0.1) is 5.92 Å². The first-order valence-electron chi connectivity index (χ1n) is 5.23. The molecule has 0 aromatic carbocycles. The summed E-state index contributed by atoms with van der Waals surface area (Å²) in [5, 5.41) is 0. The zero-order chi connectivity index (χ0) is 12.5. The van der Waals surface area contributed by atoms with Gasteiger partial charge in [0.1, 0.15) is 0 Å². The van der Waals surface area contributed by atoms with Crippen LogP contribution in [0.5, 0.6) is 5.88 Å². The monoisotopic (exact) mass is 247 g/mol. The maximum Gasteiger partial charge on any atom is 0.434 e. The number of ether oxygens (including phenoxy) is 1. The van der Waals surface area contributed by atoms with Gasteiger partial charge in [0.15, 0.2) is 5.69 Å². The molecule has 4 nitrogen and oxygen atoms in total. The van der Waals surface area contributed by atoms with E-state index >= 15 is 0 Å². The Morgan fingerprint density at radius 2 is 2.00 bits per heavy atom. The number of rotatable bonds is 3. The van der Waals surface area contributed by atoms with Gasteiger partial charge in [-0.1, -0.05) is 0 Å². The van der Waals surface area contributed by atoms with Crippen molar-refractivity contribution in [2.75, 3.05) is 6.61 Å². The lowest BCUT2D eigenvalue weighted by atomic mass is 9.82. The fourth-order valence-electron chi connectivity index (χ4n) is 1.66. The molecule has 1 aliphatic rings. The third kappa shape index (κ3) is 3.06. The first-order chi connectivity index (χ1) is 7.95. The van der Waals surface area contributed by atoms with Gasteiger partial charge in [-0.3, -0.25) is 0 Å². The Kier molecular flexibility index (Phi) is 3.19. The summed E-state index contributed by atoms with van der Waals surface area (Å²) in [5.41, 5.74) is 4.58. The molecule has 2 N–H and O–H groups in total. The van der Waals surface area contributed by atoms with Crippen molar-refractivity contribution in [3.8, 4) is 5.88 Å². The minimum atomic E-state index is -4.47. The molecule has 0 unspecified atom stereocenters. The lowest BCUT2D eigenvalue weighted by molar-refractivity contribution is -0.141. The number of alkyl halides is 3. The molecule has 1 aliphatic carbocycles. The highest BCUT2D eigenvalue weighted by atomic mass is 19.4. The standard InChI is InChI=1S/C10H12F3N3O/c11-10(12,13)8-3-16-9(4-15-8)17-5-6-1-7(14)2-6/h3-4,6-7H,1-2,5,14H2. The average molecular weight is 247 g/mol. The number of hydrogen-bond acceptors (Lipinski definition) is 4. The maximum absolute atomic E-state index is 12.2. The summed E-state index contributed by atoms with van der Waals surface area (Å²) in [7, 11) is 0. The molecule has 0 spiro atoms. The molecule has 1 aromatic heterocycles. The molecule has 1 heterocycles. The van der Waals surface area contributed by atoms with Gasteiger partial charge in [0.2, 0.25) is 5.88 Å². The molecule has 0 radical (unpaired) electrons. The van der Waals surface area contributed by atoms with Crippen molar-refractivity contribution in [3.63, 3.8) is 0 Å². The lowest BCUT2D eigenvalue weighted by Gasteiger charge is -2.31. The molecule has 0 bridgehead atoms. The minimum Gasteiger partial charge on any atom is -0.476 e. The second-order valence-electron chi connectivity index (χ2n) is 4.15. The van der Waals surface area contributed by atoms with Crippen LogP contribution in [0.3, 0.4) is 0 Å². The van der Waals surface area contributed by atoms with Crippen LogP contribution < -0.4 is 10.5 Å². The summed E-state index contributed by atoms with van der Waals surface area (Å²) in [6, 6.07) is 0.224. The highest BCUT2D eigenvalue weighted by Gasteiger charge is 2.33. The highest BCUT2D eigenvalue weighted by Crippen LogP contribution is 2.28. The van der Waals surface area contributed by atoms with Gasteiger partial charge in [0.05, 0.1) is 19.0 Å². The molecular weight excluding hydrogens is 235 g/mol. The van der Waals surface area contributed by atoms with E-state index in [-0.39, 0.29) is 11.9 Å². The van der Waals surface area contributed by atoms with E-state index in [0.717, 1.165) is 19.0 Å². The average Bonchev–Trinajstić information content (AvgIpc) is 2.22. The maximum atomic E-state index is 12.2. The molecule has 1 fully saturated rings. The molecular formula is C10H12F3N3O. The Labute approximate surface area is 96.0 Å². The van der Waals surface area contributed by atoms with Crippen molar-refractivity contribution in [1.82, 2.24) is 9.97 Å². The van der Waals surface area contributed by atoms with E-state index in [1.165, 1.54) is 0 Å². The molecule has 0 aliphatic heterocycles. The molecule has 0 amide bonds. The predicted octanol–water partition coefficient (Wildman–Crippen LogP) is 1.61. The topological polar surface area (TPSA) is 61.0 Å². The molecule has 2 rings (SSSR count). The van der Waals surface area contributed by atoms with Crippen LogP contribution >= 0.6 is 0 Å². The predicted molar refractivity (Wildman–Crippen MR) is 53.2 cm³/mol. The third-order valence-electron chi connectivity index (χ3n) is 2.66. The number of nitrogens with zero attached hydrogens (tertiary/aromatic N) is 2. The largest absolute Gasteiger partial charge is 0.476 e. The summed E-state index contributed by atoms with van der Waals surface area (Å²) in [4.78, 5) is 6.81. The van der Waals surface area contributed by atoms with Crippen molar-refractivity contribution in [3.05, 3.63) is 18.1 Å². The van der Waals surface area contributed by atoms with Gasteiger partial charge >= 0.3 is 6.18 Å². The van der Waals surface area contributed by atoms with Gasteiger partial charge in [-0.2, -0.15) is 13.2 Å². The van der Waals surface area contributed by atoms with Gasteiger partial charge in [-0.15, -0.1) is 0 Å². The molecule has 1 aromatic rings. The molecule has 17 heavy (non-hydrogen) atoms. The first-order valence-corrected chi connectivity index (χ1v) is 5.23. The van der Waals surface area contributed by atoms with Crippen molar-refractivity contribution in [2.24, 2.45) is 11.7 Å². The molecule has 0 saturated heterocycles. The van der Waals surface area contributed by atoms with Crippen molar-refractivity contribution in [1.29, 1.82) is 0 Å². The van der Waals surface area contributed by atoms with Crippen LogP contribution in [0.25, 0.3) is 0 Å². The van der Waals surface area contributed by atoms with Gasteiger partial charge < -0.3 is 10.5 Å². The summed E-state index contributed by atoms with van der Waals surface area (Å²) < 4.78 is 41.8. The van der Waals surface area contributed by atoms with Crippen molar-refractivity contribution in [2.45, 2.75) is 25.1 Å². The fourth-order valence-corrected chi connectivity index (χ4v) is 1.66. The quantitative estimate of drug-likeness (QED) is 0.881. The molecule has 94 valence electrons. The van der Waals surface area contributed by atoms with Crippen LogP contribution in [-0.2, 0) is 6.18 Å². The van der Waals surface area contributed by atoms with Crippen LogP contribution in [0.1, 0.15) is 18.5 Å². The van der Waals surface area contributed by atoms with Crippen molar-refractivity contribution < 1.29 is 17.9 Å². The fraction of sp³-hybridized carbons (Fsp3) is 0.600. The highest BCUT2D eigenvalue weighted by molar-refractivity contribution is 5.09. The normalized spacial score (nSPS) is 24.2. The van der Waals surface area contributed by atoms with E-state index < -0.39 is 11.9 Å². The number of aromatic nitrogens is 2. The van der Waals surface area contributed by atoms with Gasteiger partial charge in [0, 0.05) is 6.04 Å². The van der Waals surface area contributed by atoms with E-state index in [2.05, 4.69) is 9.97 Å². The SMILES string of the molecule is NC1CC(COc2cnc(C(F)(F)F)cn2)C1. The zero-order valence-corrected chi connectivity index (χ0v) is 8.94. The van der Waals surface area contributed by atoms with Gasteiger partial charge in [-0.25, -0.2) is 9.97 Å². The number of halogens is 3. The van der Waals surface area contributed by atoms with Gasteiger partial charge in [0.25, 0.3) is 0 Å². The van der Waals surface area contributed by atoms with E-state index in [1.807, 2.05) is 0 Å². The minimum absolute atomic E-state index is 0.110. The first kappa shape index (κ1) is 12.1. The zero-order valence-electron chi connectivity index (χ0n) is 8.94. The molecule has 1 saturated carbocycles. The van der Waals surface area contributed by atoms with E-state index in [9.17, 15) is 13.2 Å².